The first-order valence-electron chi connectivity index (χ1n) is 4.61. The smallest absolute Gasteiger partial charge is 0.191 e. The maximum Gasteiger partial charge on any atom is 0.191 e. The van der Waals surface area contributed by atoms with Gasteiger partial charge in [0.2, 0.25) is 0 Å². The lowest BCUT2D eigenvalue weighted by Crippen LogP contribution is -2.40. The molecule has 1 aliphatic heterocycles. The van der Waals surface area contributed by atoms with Gasteiger partial charge in [0, 0.05) is 18.0 Å². The highest BCUT2D eigenvalue weighted by molar-refractivity contribution is 7.16. The van der Waals surface area contributed by atoms with Crippen molar-refractivity contribution in [1.82, 2.24) is 10.6 Å². The number of rotatable bonds is 2. The maximum absolute atomic E-state index is 5.83. The van der Waals surface area contributed by atoms with E-state index in [0.29, 0.717) is 0 Å². The largest absolute Gasteiger partial charge is 0.356 e. The first-order chi connectivity index (χ1) is 6.84. The van der Waals surface area contributed by atoms with Crippen molar-refractivity contribution in [2.75, 3.05) is 13.1 Å². The summed E-state index contributed by atoms with van der Waals surface area (Å²) in [6.07, 6.45) is 1.12. The van der Waals surface area contributed by atoms with Gasteiger partial charge in [-0.1, -0.05) is 11.6 Å². The summed E-state index contributed by atoms with van der Waals surface area (Å²) in [7, 11) is 0. The number of aliphatic imine (C=N–C) groups is 1. The van der Waals surface area contributed by atoms with Gasteiger partial charge in [0.15, 0.2) is 5.96 Å². The minimum absolute atomic E-state index is 0.795. The van der Waals surface area contributed by atoms with E-state index in [9.17, 15) is 0 Å². The van der Waals surface area contributed by atoms with Gasteiger partial charge in [0.25, 0.3) is 0 Å². The molecule has 14 heavy (non-hydrogen) atoms. The van der Waals surface area contributed by atoms with E-state index in [1.165, 1.54) is 4.88 Å². The van der Waals surface area contributed by atoms with Gasteiger partial charge in [-0.15, -0.1) is 11.3 Å². The number of halogens is 1. The molecule has 0 aromatic carbocycles. The molecule has 1 aromatic heterocycles. The lowest BCUT2D eigenvalue weighted by Gasteiger charge is -2.15. The highest BCUT2D eigenvalue weighted by Crippen LogP contribution is 2.20. The Morgan fingerprint density at radius 3 is 3.14 bits per heavy atom. The van der Waals surface area contributed by atoms with Gasteiger partial charge in [-0.2, -0.15) is 0 Å². The molecule has 0 bridgehead atoms. The van der Waals surface area contributed by atoms with Gasteiger partial charge in [-0.05, 0) is 18.6 Å². The van der Waals surface area contributed by atoms with Crippen LogP contribution in [0.3, 0.4) is 0 Å². The van der Waals surface area contributed by atoms with Crippen LogP contribution in [0, 0.1) is 0 Å². The minimum Gasteiger partial charge on any atom is -0.356 e. The molecule has 0 spiro atoms. The van der Waals surface area contributed by atoms with Crippen LogP contribution < -0.4 is 10.6 Å². The number of hydrogen-bond donors (Lipinski definition) is 2. The highest BCUT2D eigenvalue weighted by atomic mass is 35.5. The third kappa shape index (κ3) is 2.62. The first kappa shape index (κ1) is 9.80. The average Bonchev–Trinajstić information content (AvgIpc) is 2.63. The molecule has 0 fully saturated rings. The molecule has 1 aliphatic rings. The molecule has 2 N–H and O–H groups in total. The molecule has 0 aliphatic carbocycles. The second-order valence-electron chi connectivity index (χ2n) is 3.07. The van der Waals surface area contributed by atoms with Crippen LogP contribution >= 0.6 is 22.9 Å². The fourth-order valence-electron chi connectivity index (χ4n) is 1.27. The number of guanidine groups is 1. The number of thiophene rings is 1. The predicted molar refractivity (Wildman–Crippen MR) is 61.1 cm³/mol. The monoisotopic (exact) mass is 229 g/mol. The van der Waals surface area contributed by atoms with Gasteiger partial charge in [-0.25, -0.2) is 0 Å². The Labute approximate surface area is 92.2 Å². The molecule has 0 saturated heterocycles. The molecule has 76 valence electrons. The molecule has 1 aromatic rings. The second kappa shape index (κ2) is 4.66. The number of hydrogen-bond acceptors (Lipinski definition) is 4. The van der Waals surface area contributed by atoms with Crippen LogP contribution in [-0.4, -0.2) is 19.0 Å². The van der Waals surface area contributed by atoms with Crippen LogP contribution in [0.2, 0.25) is 4.34 Å². The zero-order valence-corrected chi connectivity index (χ0v) is 9.29. The van der Waals surface area contributed by atoms with E-state index in [4.69, 9.17) is 11.6 Å². The Bertz CT molecular complexity index is 335. The van der Waals surface area contributed by atoms with E-state index >= 15 is 0 Å². The molecule has 0 saturated carbocycles. The normalized spacial score (nSPS) is 15.9. The standard InChI is InChI=1S/C9H12ClN3S/c10-8-3-2-7(14-8)6-13-9-11-4-1-5-12-9/h2-3H,1,4-6H2,(H2,11,12,13). The Balaban J connectivity index is 1.84. The van der Waals surface area contributed by atoms with Crippen molar-refractivity contribution < 1.29 is 0 Å². The van der Waals surface area contributed by atoms with Crippen molar-refractivity contribution in [3.8, 4) is 0 Å². The summed E-state index contributed by atoms with van der Waals surface area (Å²) in [5, 5.41) is 6.45. The molecular weight excluding hydrogens is 218 g/mol. The fraction of sp³-hybridized carbons (Fsp3) is 0.444. The maximum atomic E-state index is 5.83. The van der Waals surface area contributed by atoms with E-state index < -0.39 is 0 Å². The Morgan fingerprint density at radius 1 is 1.57 bits per heavy atom. The molecular formula is C9H12ClN3S. The van der Waals surface area contributed by atoms with E-state index in [2.05, 4.69) is 15.6 Å². The van der Waals surface area contributed by atoms with Crippen LogP contribution in [-0.2, 0) is 6.54 Å². The van der Waals surface area contributed by atoms with E-state index in [1.807, 2.05) is 12.1 Å². The minimum atomic E-state index is 0.795. The molecule has 0 unspecified atom stereocenters. The van der Waals surface area contributed by atoms with Gasteiger partial charge in [-0.3, -0.25) is 4.99 Å². The summed E-state index contributed by atoms with van der Waals surface area (Å²) in [4.78, 5) is 5.54. The summed E-state index contributed by atoms with van der Waals surface area (Å²) in [6, 6.07) is 3.95. The van der Waals surface area contributed by atoms with Crippen molar-refractivity contribution >= 4 is 28.9 Å². The van der Waals surface area contributed by atoms with Crippen LogP contribution in [0.25, 0.3) is 0 Å². The Kier molecular flexibility index (Phi) is 3.26. The molecule has 0 amide bonds. The molecule has 2 rings (SSSR count). The van der Waals surface area contributed by atoms with Crippen molar-refractivity contribution in [3.63, 3.8) is 0 Å². The van der Waals surface area contributed by atoms with Crippen LogP contribution in [0.5, 0.6) is 0 Å². The number of nitrogens with one attached hydrogen (secondary N) is 2. The molecule has 3 nitrogen and oxygen atoms in total. The third-order valence-electron chi connectivity index (χ3n) is 1.96. The Hall–Kier alpha value is -0.740. The van der Waals surface area contributed by atoms with Crippen molar-refractivity contribution in [2.24, 2.45) is 4.99 Å². The molecule has 2 heterocycles. The van der Waals surface area contributed by atoms with Crippen LogP contribution in [0.1, 0.15) is 11.3 Å². The van der Waals surface area contributed by atoms with Crippen molar-refractivity contribution in [3.05, 3.63) is 21.3 Å². The Morgan fingerprint density at radius 2 is 2.50 bits per heavy atom. The van der Waals surface area contributed by atoms with Crippen LogP contribution in [0.4, 0.5) is 0 Å². The molecule has 0 radical (unpaired) electrons. The van der Waals surface area contributed by atoms with Gasteiger partial charge < -0.3 is 10.6 Å². The molecule has 5 heteroatoms. The van der Waals surface area contributed by atoms with E-state index in [1.54, 1.807) is 11.3 Å². The lowest BCUT2D eigenvalue weighted by atomic mass is 10.4. The van der Waals surface area contributed by atoms with Gasteiger partial charge in [0.05, 0.1) is 10.9 Å². The van der Waals surface area contributed by atoms with Gasteiger partial charge >= 0.3 is 0 Å². The summed E-state index contributed by atoms with van der Waals surface area (Å²) >= 11 is 7.42. The van der Waals surface area contributed by atoms with Crippen molar-refractivity contribution in [1.29, 1.82) is 0 Å². The zero-order valence-electron chi connectivity index (χ0n) is 7.72. The summed E-state index contributed by atoms with van der Waals surface area (Å²) in [5.41, 5.74) is 0. The van der Waals surface area contributed by atoms with Crippen LogP contribution in [0.15, 0.2) is 17.1 Å². The molecule has 0 atom stereocenters. The zero-order chi connectivity index (χ0) is 9.80. The highest BCUT2D eigenvalue weighted by Gasteiger charge is 2.03. The summed E-state index contributed by atoms with van der Waals surface area (Å²) in [5.74, 6) is 0.903. The fourth-order valence-corrected chi connectivity index (χ4v) is 2.30. The second-order valence-corrected chi connectivity index (χ2v) is 4.87. The topological polar surface area (TPSA) is 36.4 Å². The lowest BCUT2D eigenvalue weighted by molar-refractivity contribution is 0.703. The average molecular weight is 230 g/mol. The van der Waals surface area contributed by atoms with E-state index in [0.717, 1.165) is 36.4 Å². The summed E-state index contributed by atoms with van der Waals surface area (Å²) < 4.78 is 0.834. The number of nitrogens with zero attached hydrogens (tertiary/aromatic N) is 1. The first-order valence-corrected chi connectivity index (χ1v) is 5.80. The van der Waals surface area contributed by atoms with Crippen molar-refractivity contribution in [2.45, 2.75) is 13.0 Å². The summed E-state index contributed by atoms with van der Waals surface area (Å²) in [6.45, 7) is 2.72. The predicted octanol–water partition coefficient (Wildman–Crippen LogP) is 1.84. The SMILES string of the molecule is Clc1ccc(CNC2=NCCCN2)s1. The van der Waals surface area contributed by atoms with E-state index in [-0.39, 0.29) is 0 Å². The van der Waals surface area contributed by atoms with Gasteiger partial charge in [0.1, 0.15) is 0 Å². The quantitative estimate of drug-likeness (QED) is 0.812. The third-order valence-corrected chi connectivity index (χ3v) is 3.19.